The summed E-state index contributed by atoms with van der Waals surface area (Å²) in [5.74, 6) is -4.35. The summed E-state index contributed by atoms with van der Waals surface area (Å²) in [4.78, 5) is 54.8. The first-order chi connectivity index (χ1) is 20.6. The molecule has 0 saturated heterocycles. The maximum atomic E-state index is 14.2. The number of carbonyl (C=O) groups is 3. The van der Waals surface area contributed by atoms with Crippen molar-refractivity contribution in [3.63, 3.8) is 0 Å². The van der Waals surface area contributed by atoms with Gasteiger partial charge in [-0.15, -0.1) is 0 Å². The number of hydrogen-bond donors (Lipinski definition) is 1. The van der Waals surface area contributed by atoms with Gasteiger partial charge in [-0.2, -0.15) is 0 Å². The molecule has 224 valence electrons. The highest BCUT2D eigenvalue weighted by Crippen LogP contribution is 2.55. The molecule has 10 nitrogen and oxygen atoms in total. The molecule has 2 aliphatic heterocycles. The zero-order valence-electron chi connectivity index (χ0n) is 24.1. The van der Waals surface area contributed by atoms with E-state index in [1.807, 2.05) is 18.2 Å². The largest absolute Gasteiger partial charge is 0.507 e. The second kappa shape index (κ2) is 10.4. The molecule has 0 bridgehead atoms. The number of hydrogen-bond acceptors (Lipinski definition) is 9. The van der Waals surface area contributed by atoms with Crippen molar-refractivity contribution in [2.75, 3.05) is 21.3 Å². The number of ether oxygens (including phenoxy) is 4. The molecule has 3 aromatic rings. The van der Waals surface area contributed by atoms with Gasteiger partial charge in [0.1, 0.15) is 22.1 Å². The second-order valence-corrected chi connectivity index (χ2v) is 11.5. The monoisotopic (exact) mass is 607 g/mol. The van der Waals surface area contributed by atoms with Gasteiger partial charge in [0, 0.05) is 42.0 Å². The van der Waals surface area contributed by atoms with E-state index < -0.39 is 47.2 Å². The number of methoxy groups -OCH3 is 3. The van der Waals surface area contributed by atoms with Crippen molar-refractivity contribution in [3.05, 3.63) is 73.7 Å². The Labute approximate surface area is 251 Å². The number of halogens is 1. The number of aryl methyl sites for hydroxylation is 2. The molecule has 0 fully saturated rings. The highest BCUT2D eigenvalue weighted by Gasteiger charge is 2.61. The number of pyridine rings is 1. The number of aliphatic hydroxyl groups is 1. The highest BCUT2D eigenvalue weighted by atomic mass is 35.5. The molecule has 3 aliphatic rings. The first-order valence-electron chi connectivity index (χ1n) is 14.0. The Morgan fingerprint density at radius 3 is 2.60 bits per heavy atom. The number of Topliss-reactive ketones (excluding diaryl/α,β-unsaturated/α-hetero) is 2. The van der Waals surface area contributed by atoms with Gasteiger partial charge in [0.15, 0.2) is 17.3 Å². The number of para-hydroxylation sites is 1. The predicted octanol–water partition coefficient (Wildman–Crippen LogP) is 4.70. The van der Waals surface area contributed by atoms with Crippen molar-refractivity contribution in [1.82, 2.24) is 4.57 Å². The molecule has 0 radical (unpaired) electrons. The van der Waals surface area contributed by atoms with Crippen LogP contribution in [0.3, 0.4) is 0 Å². The predicted molar refractivity (Wildman–Crippen MR) is 157 cm³/mol. The lowest BCUT2D eigenvalue weighted by molar-refractivity contribution is -0.140. The van der Waals surface area contributed by atoms with Crippen molar-refractivity contribution in [3.8, 4) is 17.2 Å². The molecule has 43 heavy (non-hydrogen) atoms. The summed E-state index contributed by atoms with van der Waals surface area (Å²) in [6.07, 6.45) is 0.937. The van der Waals surface area contributed by atoms with Crippen LogP contribution in [0.5, 0.6) is 17.2 Å². The second-order valence-electron chi connectivity index (χ2n) is 11.1. The quantitative estimate of drug-likeness (QED) is 0.396. The SMILES string of the molecule is COC(=O)CC(C1=C(O)[C@@]2(Oc3c(Cl)c(OC)cc(OC)c3C2=O)[C@H](C)CC1=O)c1cc2cccc3c2n(c1=O)CCC3. The molecule has 1 aromatic heterocycles. The van der Waals surface area contributed by atoms with Crippen LogP contribution in [0.1, 0.15) is 53.6 Å². The standard InChI is InChI=1S/C32H30ClNO9/c1-15-11-20(35)24(29(37)32(15)30(38)25-21(40-2)14-22(41-3)26(33)28(25)43-32)18(13-23(36)42-4)19-12-17-8-5-7-16-9-6-10-34(27(16)17)31(19)39/h5,7-8,12,14-15,18,37H,6,9-11,13H2,1-4H3/t15-,18?,32+/m1/s1. The van der Waals surface area contributed by atoms with Crippen molar-refractivity contribution in [2.45, 2.75) is 50.7 Å². The molecule has 3 atom stereocenters. The lowest BCUT2D eigenvalue weighted by atomic mass is 9.69. The van der Waals surface area contributed by atoms with Gasteiger partial charge in [-0.05, 0) is 29.9 Å². The number of rotatable bonds is 6. The third-order valence-corrected chi connectivity index (χ3v) is 9.24. The van der Waals surface area contributed by atoms with Crippen LogP contribution in [-0.2, 0) is 27.3 Å². The summed E-state index contributed by atoms with van der Waals surface area (Å²) >= 11 is 6.56. The summed E-state index contributed by atoms with van der Waals surface area (Å²) in [6.45, 7) is 2.07. The summed E-state index contributed by atoms with van der Waals surface area (Å²) in [6, 6.07) is 8.83. The Kier molecular flexibility index (Phi) is 7.00. The molecule has 3 heterocycles. The summed E-state index contributed by atoms with van der Waals surface area (Å²) in [5, 5.41) is 12.8. The van der Waals surface area contributed by atoms with Crippen molar-refractivity contribution in [1.29, 1.82) is 0 Å². The Bertz CT molecular complexity index is 1820. The van der Waals surface area contributed by atoms with Crippen LogP contribution in [-0.4, -0.2) is 54.1 Å². The summed E-state index contributed by atoms with van der Waals surface area (Å²) in [5.41, 5.74) is -0.724. The van der Waals surface area contributed by atoms with Crippen LogP contribution in [0, 0.1) is 5.92 Å². The average Bonchev–Trinajstić information content (AvgIpc) is 3.32. The molecule has 11 heteroatoms. The number of fused-ring (bicyclic) bond motifs is 1. The summed E-state index contributed by atoms with van der Waals surface area (Å²) < 4.78 is 23.6. The molecule has 1 unspecified atom stereocenters. The van der Waals surface area contributed by atoms with Crippen LogP contribution in [0.15, 0.2) is 46.5 Å². The molecular weight excluding hydrogens is 578 g/mol. The molecule has 1 spiro atoms. The van der Waals surface area contributed by atoms with E-state index in [4.69, 9.17) is 30.5 Å². The number of carbonyl (C=O) groups excluding carboxylic acids is 3. The van der Waals surface area contributed by atoms with E-state index in [0.717, 1.165) is 29.3 Å². The maximum absolute atomic E-state index is 14.2. The number of benzene rings is 2. The zero-order valence-corrected chi connectivity index (χ0v) is 24.9. The smallest absolute Gasteiger partial charge is 0.306 e. The van der Waals surface area contributed by atoms with Gasteiger partial charge in [0.2, 0.25) is 11.4 Å². The number of aliphatic hydroxyl groups excluding tert-OH is 1. The van der Waals surface area contributed by atoms with E-state index in [1.54, 1.807) is 17.6 Å². The fourth-order valence-electron chi connectivity index (χ4n) is 6.79. The van der Waals surface area contributed by atoms with Crippen LogP contribution < -0.4 is 19.8 Å². The van der Waals surface area contributed by atoms with Crippen molar-refractivity contribution >= 4 is 40.0 Å². The average molecular weight is 608 g/mol. The highest BCUT2D eigenvalue weighted by molar-refractivity contribution is 6.35. The first-order valence-corrected chi connectivity index (χ1v) is 14.3. The van der Waals surface area contributed by atoms with Crippen molar-refractivity contribution < 1.29 is 38.4 Å². The minimum atomic E-state index is -2.06. The topological polar surface area (TPSA) is 130 Å². The Balaban J connectivity index is 1.61. The van der Waals surface area contributed by atoms with Gasteiger partial charge in [-0.25, -0.2) is 0 Å². The number of esters is 1. The third-order valence-electron chi connectivity index (χ3n) is 8.89. The molecule has 1 aliphatic carbocycles. The maximum Gasteiger partial charge on any atom is 0.306 e. The van der Waals surface area contributed by atoms with Gasteiger partial charge in [-0.1, -0.05) is 36.7 Å². The number of allylic oxidation sites excluding steroid dienone is 1. The first kappa shape index (κ1) is 28.8. The van der Waals surface area contributed by atoms with E-state index in [2.05, 4.69) is 0 Å². The van der Waals surface area contributed by atoms with E-state index in [1.165, 1.54) is 27.4 Å². The normalized spacial score (nSPS) is 21.6. The molecule has 0 saturated carbocycles. The van der Waals surface area contributed by atoms with Crippen LogP contribution in [0.25, 0.3) is 10.9 Å². The molecule has 0 amide bonds. The molecule has 6 rings (SSSR count). The van der Waals surface area contributed by atoms with E-state index in [-0.39, 0.29) is 51.0 Å². The zero-order chi connectivity index (χ0) is 30.8. The molecular formula is C32H30ClNO9. The van der Waals surface area contributed by atoms with Gasteiger partial charge in [0.05, 0.1) is 33.3 Å². The lowest BCUT2D eigenvalue weighted by Gasteiger charge is -2.38. The van der Waals surface area contributed by atoms with Crippen molar-refractivity contribution in [2.24, 2.45) is 5.92 Å². The van der Waals surface area contributed by atoms with E-state index >= 15 is 0 Å². The lowest BCUT2D eigenvalue weighted by Crippen LogP contribution is -2.53. The molecule has 1 N–H and O–H groups in total. The molecule has 2 aromatic carbocycles. The van der Waals surface area contributed by atoms with Crippen LogP contribution in [0.2, 0.25) is 5.02 Å². The van der Waals surface area contributed by atoms with Crippen LogP contribution >= 0.6 is 11.6 Å². The van der Waals surface area contributed by atoms with E-state index in [0.29, 0.717) is 6.54 Å². The Hall–Kier alpha value is -4.31. The number of nitrogens with zero attached hydrogens (tertiary/aromatic N) is 1. The number of ketones is 2. The van der Waals surface area contributed by atoms with E-state index in [9.17, 15) is 24.3 Å². The van der Waals surface area contributed by atoms with Gasteiger partial charge < -0.3 is 28.6 Å². The van der Waals surface area contributed by atoms with Crippen LogP contribution in [0.4, 0.5) is 0 Å². The Morgan fingerprint density at radius 2 is 1.91 bits per heavy atom. The summed E-state index contributed by atoms with van der Waals surface area (Å²) in [7, 11) is 3.96. The fraction of sp³-hybridized carbons (Fsp3) is 0.375. The fourth-order valence-corrected chi connectivity index (χ4v) is 7.06. The minimum Gasteiger partial charge on any atom is -0.507 e. The number of aromatic nitrogens is 1. The van der Waals surface area contributed by atoms with Gasteiger partial charge >= 0.3 is 5.97 Å². The van der Waals surface area contributed by atoms with Gasteiger partial charge in [-0.3, -0.25) is 19.2 Å². The minimum absolute atomic E-state index is 0.00392. The third kappa shape index (κ3) is 4.06. The van der Waals surface area contributed by atoms with Gasteiger partial charge in [0.25, 0.3) is 5.56 Å². The Morgan fingerprint density at radius 1 is 1.16 bits per heavy atom.